The fourth-order valence-electron chi connectivity index (χ4n) is 1.55. The van der Waals surface area contributed by atoms with Crippen LogP contribution in [0.3, 0.4) is 0 Å². The van der Waals surface area contributed by atoms with Gasteiger partial charge in [0.05, 0.1) is 11.5 Å². The van der Waals surface area contributed by atoms with Crippen molar-refractivity contribution in [2.75, 3.05) is 20.1 Å². The van der Waals surface area contributed by atoms with Crippen LogP contribution in [0.25, 0.3) is 0 Å². The Labute approximate surface area is 120 Å². The molecule has 0 spiro atoms. The summed E-state index contributed by atoms with van der Waals surface area (Å²) in [6.45, 7) is 1.91. The van der Waals surface area contributed by atoms with Gasteiger partial charge in [-0.05, 0) is 19.1 Å². The van der Waals surface area contributed by atoms with E-state index in [2.05, 4.69) is 5.32 Å². The van der Waals surface area contributed by atoms with E-state index in [-0.39, 0.29) is 28.7 Å². The Morgan fingerprint density at radius 3 is 2.60 bits per heavy atom. The Kier molecular flexibility index (Phi) is 5.45. The molecule has 0 aliphatic heterocycles. The standard InChI is InChI=1S/C12H14ClN3O4/c1-3-15(7-11(17)14-2)12(18)8-4-5-9(13)10(6-8)16(19)20/h4-6H,3,7H2,1-2H3,(H,14,17). The number of nitrogens with one attached hydrogen (secondary N) is 1. The lowest BCUT2D eigenvalue weighted by molar-refractivity contribution is -0.384. The van der Waals surface area contributed by atoms with Crippen molar-refractivity contribution in [2.45, 2.75) is 6.92 Å². The average Bonchev–Trinajstić information content (AvgIpc) is 2.43. The first-order valence-electron chi connectivity index (χ1n) is 5.84. The highest BCUT2D eigenvalue weighted by atomic mass is 35.5. The largest absolute Gasteiger partial charge is 0.358 e. The number of rotatable bonds is 5. The molecule has 0 saturated heterocycles. The molecule has 0 aliphatic carbocycles. The van der Waals surface area contributed by atoms with Crippen LogP contribution in [0.1, 0.15) is 17.3 Å². The molecular weight excluding hydrogens is 286 g/mol. The number of nitro benzene ring substituents is 1. The van der Waals surface area contributed by atoms with Crippen molar-refractivity contribution in [1.82, 2.24) is 10.2 Å². The van der Waals surface area contributed by atoms with Gasteiger partial charge in [0.25, 0.3) is 11.6 Å². The zero-order valence-corrected chi connectivity index (χ0v) is 11.8. The van der Waals surface area contributed by atoms with E-state index in [1.807, 2.05) is 0 Å². The number of carbonyl (C=O) groups excluding carboxylic acids is 2. The normalized spacial score (nSPS) is 9.95. The highest BCUT2D eigenvalue weighted by Crippen LogP contribution is 2.25. The number of nitrogens with zero attached hydrogens (tertiary/aromatic N) is 2. The van der Waals surface area contributed by atoms with Crippen molar-refractivity contribution in [3.63, 3.8) is 0 Å². The molecule has 1 aromatic rings. The van der Waals surface area contributed by atoms with Crippen LogP contribution in [-0.2, 0) is 4.79 Å². The summed E-state index contributed by atoms with van der Waals surface area (Å²) >= 11 is 5.69. The SMILES string of the molecule is CCN(CC(=O)NC)C(=O)c1ccc(Cl)c([N+](=O)[O-])c1. The van der Waals surface area contributed by atoms with Crippen molar-refractivity contribution in [1.29, 1.82) is 0 Å². The minimum absolute atomic E-state index is 0.0408. The van der Waals surface area contributed by atoms with Gasteiger partial charge < -0.3 is 10.2 Å². The maximum absolute atomic E-state index is 12.2. The zero-order valence-electron chi connectivity index (χ0n) is 11.1. The van der Waals surface area contributed by atoms with Gasteiger partial charge in [-0.1, -0.05) is 11.6 Å². The molecule has 8 heteroatoms. The summed E-state index contributed by atoms with van der Waals surface area (Å²) in [6.07, 6.45) is 0. The lowest BCUT2D eigenvalue weighted by atomic mass is 10.1. The molecule has 2 amide bonds. The van der Waals surface area contributed by atoms with E-state index < -0.39 is 10.8 Å². The van der Waals surface area contributed by atoms with E-state index in [9.17, 15) is 19.7 Å². The molecule has 0 radical (unpaired) electrons. The van der Waals surface area contributed by atoms with Gasteiger partial charge in [-0.25, -0.2) is 0 Å². The zero-order chi connectivity index (χ0) is 15.3. The first-order chi connectivity index (χ1) is 9.40. The molecule has 1 aromatic carbocycles. The van der Waals surface area contributed by atoms with E-state index in [4.69, 9.17) is 11.6 Å². The van der Waals surface area contributed by atoms with Gasteiger partial charge in [-0.2, -0.15) is 0 Å². The van der Waals surface area contributed by atoms with E-state index in [1.54, 1.807) is 6.92 Å². The number of benzene rings is 1. The second-order valence-electron chi connectivity index (χ2n) is 3.92. The molecule has 0 aliphatic rings. The Morgan fingerprint density at radius 1 is 1.45 bits per heavy atom. The van der Waals surface area contributed by atoms with Crippen LogP contribution in [-0.4, -0.2) is 41.8 Å². The molecular formula is C12H14ClN3O4. The smallest absolute Gasteiger partial charge is 0.288 e. The fourth-order valence-corrected chi connectivity index (χ4v) is 1.73. The highest BCUT2D eigenvalue weighted by molar-refractivity contribution is 6.32. The van der Waals surface area contributed by atoms with Crippen LogP contribution in [0.15, 0.2) is 18.2 Å². The van der Waals surface area contributed by atoms with Crippen LogP contribution in [0, 0.1) is 10.1 Å². The lowest BCUT2D eigenvalue weighted by Crippen LogP contribution is -2.39. The predicted octanol–water partition coefficient (Wildman–Crippen LogP) is 1.46. The molecule has 108 valence electrons. The maximum Gasteiger partial charge on any atom is 0.288 e. The Balaban J connectivity index is 3.04. The molecule has 1 N–H and O–H groups in total. The summed E-state index contributed by atoms with van der Waals surface area (Å²) in [5.74, 6) is -0.778. The fraction of sp³-hybridized carbons (Fsp3) is 0.333. The van der Waals surface area contributed by atoms with Gasteiger partial charge in [-0.15, -0.1) is 0 Å². The van der Waals surface area contributed by atoms with E-state index in [1.165, 1.54) is 24.1 Å². The van der Waals surface area contributed by atoms with Crippen molar-refractivity contribution >= 4 is 29.1 Å². The van der Waals surface area contributed by atoms with Gasteiger partial charge in [0.2, 0.25) is 5.91 Å². The second-order valence-corrected chi connectivity index (χ2v) is 4.32. The van der Waals surface area contributed by atoms with E-state index >= 15 is 0 Å². The minimum atomic E-state index is -0.659. The van der Waals surface area contributed by atoms with E-state index in [0.717, 1.165) is 6.07 Å². The third-order valence-electron chi connectivity index (χ3n) is 2.67. The number of hydrogen-bond acceptors (Lipinski definition) is 4. The summed E-state index contributed by atoms with van der Waals surface area (Å²) in [7, 11) is 1.47. The van der Waals surface area contributed by atoms with Gasteiger partial charge in [0, 0.05) is 25.2 Å². The molecule has 7 nitrogen and oxygen atoms in total. The van der Waals surface area contributed by atoms with Crippen LogP contribution in [0.5, 0.6) is 0 Å². The molecule has 0 fully saturated rings. The quantitative estimate of drug-likeness (QED) is 0.658. The Morgan fingerprint density at radius 2 is 2.10 bits per heavy atom. The summed E-state index contributed by atoms with van der Waals surface area (Å²) in [4.78, 5) is 34.9. The van der Waals surface area contributed by atoms with Crippen LogP contribution in [0.2, 0.25) is 5.02 Å². The Hall–Kier alpha value is -2.15. The Bertz CT molecular complexity index is 548. The molecule has 20 heavy (non-hydrogen) atoms. The first-order valence-corrected chi connectivity index (χ1v) is 6.22. The minimum Gasteiger partial charge on any atom is -0.358 e. The number of halogens is 1. The summed E-state index contributed by atoms with van der Waals surface area (Å²) in [5, 5.41) is 13.2. The topological polar surface area (TPSA) is 92.6 Å². The van der Waals surface area contributed by atoms with Gasteiger partial charge in [0.1, 0.15) is 5.02 Å². The summed E-state index contributed by atoms with van der Waals surface area (Å²) in [6, 6.07) is 3.79. The highest BCUT2D eigenvalue weighted by Gasteiger charge is 2.21. The molecule has 0 atom stereocenters. The van der Waals surface area contributed by atoms with Gasteiger partial charge >= 0.3 is 0 Å². The van der Waals surface area contributed by atoms with Gasteiger partial charge in [0.15, 0.2) is 0 Å². The molecule has 1 rings (SSSR count). The molecule has 0 unspecified atom stereocenters. The summed E-state index contributed by atoms with van der Waals surface area (Å²) < 4.78 is 0. The number of carbonyl (C=O) groups is 2. The van der Waals surface area contributed by atoms with Crippen molar-refractivity contribution < 1.29 is 14.5 Å². The van der Waals surface area contributed by atoms with E-state index in [0.29, 0.717) is 6.54 Å². The monoisotopic (exact) mass is 299 g/mol. The van der Waals surface area contributed by atoms with Crippen LogP contribution < -0.4 is 5.32 Å². The lowest BCUT2D eigenvalue weighted by Gasteiger charge is -2.19. The third kappa shape index (κ3) is 3.67. The maximum atomic E-state index is 12.2. The van der Waals surface area contributed by atoms with Crippen molar-refractivity contribution in [3.05, 3.63) is 38.9 Å². The van der Waals surface area contributed by atoms with Crippen molar-refractivity contribution in [3.8, 4) is 0 Å². The molecule has 0 aromatic heterocycles. The predicted molar refractivity (Wildman–Crippen MR) is 73.8 cm³/mol. The summed E-state index contributed by atoms with van der Waals surface area (Å²) in [5.41, 5.74) is -0.222. The second kappa shape index (κ2) is 6.85. The van der Waals surface area contributed by atoms with Gasteiger partial charge in [-0.3, -0.25) is 19.7 Å². The van der Waals surface area contributed by atoms with Crippen LogP contribution in [0.4, 0.5) is 5.69 Å². The number of amides is 2. The number of likely N-dealkylation sites (N-methyl/N-ethyl adjacent to an activating group) is 2. The molecule has 0 bridgehead atoms. The first kappa shape index (κ1) is 15.9. The van der Waals surface area contributed by atoms with Crippen molar-refractivity contribution in [2.24, 2.45) is 0 Å². The number of hydrogen-bond donors (Lipinski definition) is 1. The van der Waals surface area contributed by atoms with Crippen LogP contribution >= 0.6 is 11.6 Å². The molecule has 0 heterocycles. The average molecular weight is 300 g/mol. The number of nitro groups is 1. The third-order valence-corrected chi connectivity index (χ3v) is 2.99. The molecule has 0 saturated carbocycles.